The average molecular weight is 427 g/mol. The zero-order valence-electron chi connectivity index (χ0n) is 18.1. The van der Waals surface area contributed by atoms with Crippen molar-refractivity contribution in [1.82, 2.24) is 15.1 Å². The Hall–Kier alpha value is -2.74. The number of carbonyl (C=O) groups is 4. The first kappa shape index (κ1) is 21.5. The van der Waals surface area contributed by atoms with Crippen molar-refractivity contribution >= 4 is 29.7 Å². The number of hydrogen-bond acceptors (Lipinski definition) is 6. The molecule has 1 unspecified atom stereocenters. The maximum absolute atomic E-state index is 13.3. The van der Waals surface area contributed by atoms with Gasteiger partial charge in [0, 0.05) is 25.2 Å². The highest BCUT2D eigenvalue weighted by Crippen LogP contribution is 2.50. The van der Waals surface area contributed by atoms with Crippen molar-refractivity contribution in [3.8, 4) is 0 Å². The number of imide groups is 1. The second-order valence-electron chi connectivity index (χ2n) is 9.14. The lowest BCUT2D eigenvalue weighted by Crippen LogP contribution is -2.51. The maximum Gasteiger partial charge on any atom is 0.264 e. The van der Waals surface area contributed by atoms with Gasteiger partial charge in [0.2, 0.25) is 5.91 Å². The van der Waals surface area contributed by atoms with Crippen LogP contribution in [-0.4, -0.2) is 73.1 Å². The highest BCUT2D eigenvalue weighted by Gasteiger charge is 2.47. The number of nitrogens with one attached hydrogen (secondary N) is 2. The van der Waals surface area contributed by atoms with Crippen LogP contribution in [0.4, 0.5) is 5.69 Å². The molecule has 2 heterocycles. The van der Waals surface area contributed by atoms with Gasteiger partial charge in [-0.3, -0.25) is 19.3 Å². The van der Waals surface area contributed by atoms with Crippen molar-refractivity contribution in [3.05, 3.63) is 29.3 Å². The Balaban J connectivity index is 1.52. The van der Waals surface area contributed by atoms with Crippen LogP contribution in [0, 0.1) is 5.41 Å². The summed E-state index contributed by atoms with van der Waals surface area (Å²) in [4.78, 5) is 52.9. The van der Waals surface area contributed by atoms with Crippen molar-refractivity contribution in [2.24, 2.45) is 5.41 Å². The summed E-state index contributed by atoms with van der Waals surface area (Å²) < 4.78 is 0. The van der Waals surface area contributed by atoms with E-state index in [0.717, 1.165) is 30.8 Å². The summed E-state index contributed by atoms with van der Waals surface area (Å²) in [6, 6.07) is 4.49. The predicted molar refractivity (Wildman–Crippen MR) is 116 cm³/mol. The lowest BCUT2D eigenvalue weighted by molar-refractivity contribution is -0.124. The van der Waals surface area contributed by atoms with E-state index in [-0.39, 0.29) is 18.9 Å². The highest BCUT2D eigenvalue weighted by molar-refractivity contribution is 6.25. The third-order valence-electron chi connectivity index (χ3n) is 7.13. The summed E-state index contributed by atoms with van der Waals surface area (Å²) in [7, 11) is 3.61. The van der Waals surface area contributed by atoms with E-state index in [9.17, 15) is 19.2 Å². The second-order valence-corrected chi connectivity index (χ2v) is 9.14. The molecule has 8 heteroatoms. The van der Waals surface area contributed by atoms with Gasteiger partial charge in [0.1, 0.15) is 12.3 Å². The molecule has 3 aliphatic rings. The third-order valence-corrected chi connectivity index (χ3v) is 7.13. The van der Waals surface area contributed by atoms with Crippen LogP contribution in [0.5, 0.6) is 0 Å². The molecule has 0 radical (unpaired) electrons. The standard InChI is InChI=1S/C23H30N4O4/c1-24-20(29)18(7-4-12-28)27-21(30)16-5-3-6-17(19(16)22(27)31)25-15-13-23(14-15)8-10-26(2)11-9-23/h3,5-6,12,15,18,25H,4,7-11,13-14H2,1-2H3,(H,24,29). The minimum Gasteiger partial charge on any atom is -0.382 e. The molecule has 1 saturated heterocycles. The van der Waals surface area contributed by atoms with Crippen LogP contribution in [-0.2, 0) is 9.59 Å². The molecule has 8 nitrogen and oxygen atoms in total. The van der Waals surface area contributed by atoms with Gasteiger partial charge in [-0.1, -0.05) is 6.07 Å². The van der Waals surface area contributed by atoms with E-state index in [1.54, 1.807) is 12.1 Å². The summed E-state index contributed by atoms with van der Waals surface area (Å²) in [6.07, 6.45) is 5.42. The number of fused-ring (bicyclic) bond motifs is 1. The van der Waals surface area contributed by atoms with E-state index >= 15 is 0 Å². The van der Waals surface area contributed by atoms with Gasteiger partial charge < -0.3 is 20.3 Å². The molecule has 1 atom stereocenters. The Morgan fingerprint density at radius 3 is 2.58 bits per heavy atom. The zero-order chi connectivity index (χ0) is 22.2. The molecule has 0 bridgehead atoms. The van der Waals surface area contributed by atoms with Gasteiger partial charge in [0.25, 0.3) is 11.8 Å². The Bertz CT molecular complexity index is 899. The van der Waals surface area contributed by atoms with Crippen molar-refractivity contribution < 1.29 is 19.2 Å². The van der Waals surface area contributed by atoms with Crippen molar-refractivity contribution in [2.75, 3.05) is 32.5 Å². The average Bonchev–Trinajstić information content (AvgIpc) is 3.00. The fourth-order valence-electron chi connectivity index (χ4n) is 5.29. The summed E-state index contributed by atoms with van der Waals surface area (Å²) in [5.41, 5.74) is 1.69. The van der Waals surface area contributed by atoms with E-state index in [2.05, 4.69) is 22.6 Å². The summed E-state index contributed by atoms with van der Waals surface area (Å²) in [6.45, 7) is 2.24. The van der Waals surface area contributed by atoms with Crippen LogP contribution in [0.3, 0.4) is 0 Å². The monoisotopic (exact) mass is 426 g/mol. The molecular formula is C23H30N4O4. The van der Waals surface area contributed by atoms with Crippen LogP contribution < -0.4 is 10.6 Å². The van der Waals surface area contributed by atoms with Gasteiger partial charge in [-0.05, 0) is 69.8 Å². The number of amides is 3. The fourth-order valence-corrected chi connectivity index (χ4v) is 5.29. The van der Waals surface area contributed by atoms with E-state index in [1.807, 2.05) is 6.07 Å². The quantitative estimate of drug-likeness (QED) is 0.508. The van der Waals surface area contributed by atoms with Gasteiger partial charge in [-0.25, -0.2) is 0 Å². The van der Waals surface area contributed by atoms with Gasteiger partial charge in [-0.2, -0.15) is 0 Å². The molecule has 31 heavy (non-hydrogen) atoms. The summed E-state index contributed by atoms with van der Waals surface area (Å²) in [5, 5.41) is 5.99. The van der Waals surface area contributed by atoms with E-state index in [0.29, 0.717) is 28.5 Å². The van der Waals surface area contributed by atoms with E-state index < -0.39 is 23.8 Å². The Morgan fingerprint density at radius 1 is 1.23 bits per heavy atom. The number of carbonyl (C=O) groups excluding carboxylic acids is 4. The minimum absolute atomic E-state index is 0.0932. The number of nitrogens with zero attached hydrogens (tertiary/aromatic N) is 2. The molecule has 1 aromatic rings. The summed E-state index contributed by atoms with van der Waals surface area (Å²) in [5.74, 6) is -1.41. The molecule has 1 spiro atoms. The van der Waals surface area contributed by atoms with Crippen molar-refractivity contribution in [3.63, 3.8) is 0 Å². The number of rotatable bonds is 7. The van der Waals surface area contributed by atoms with Crippen LogP contribution in [0.25, 0.3) is 0 Å². The molecular weight excluding hydrogens is 396 g/mol. The van der Waals surface area contributed by atoms with Gasteiger partial charge in [0.05, 0.1) is 11.1 Å². The molecule has 4 rings (SSSR count). The Kier molecular flexibility index (Phi) is 5.83. The zero-order valence-corrected chi connectivity index (χ0v) is 18.1. The molecule has 3 amide bonds. The maximum atomic E-state index is 13.3. The summed E-state index contributed by atoms with van der Waals surface area (Å²) >= 11 is 0. The molecule has 2 aliphatic heterocycles. The Labute approximate surface area is 182 Å². The molecule has 2 fully saturated rings. The Morgan fingerprint density at radius 2 is 1.94 bits per heavy atom. The topological polar surface area (TPSA) is 98.8 Å². The number of hydrogen-bond donors (Lipinski definition) is 2. The van der Waals surface area contributed by atoms with Crippen molar-refractivity contribution in [2.45, 2.75) is 50.6 Å². The van der Waals surface area contributed by atoms with Crippen LogP contribution >= 0.6 is 0 Å². The number of aldehydes is 1. The number of anilines is 1. The first-order valence-corrected chi connectivity index (χ1v) is 11.0. The fraction of sp³-hybridized carbons (Fsp3) is 0.565. The predicted octanol–water partition coefficient (Wildman–Crippen LogP) is 1.66. The number of piperidine rings is 1. The van der Waals surface area contributed by atoms with Gasteiger partial charge in [-0.15, -0.1) is 0 Å². The van der Waals surface area contributed by atoms with Gasteiger partial charge >= 0.3 is 0 Å². The van der Waals surface area contributed by atoms with Crippen LogP contribution in [0.2, 0.25) is 0 Å². The third kappa shape index (κ3) is 3.84. The highest BCUT2D eigenvalue weighted by atomic mass is 16.2. The largest absolute Gasteiger partial charge is 0.382 e. The SMILES string of the molecule is CNC(=O)C(CCC=O)N1C(=O)c2cccc(NC3CC4(CCN(C)CC4)C3)c2C1=O. The van der Waals surface area contributed by atoms with Crippen LogP contribution in [0.15, 0.2) is 18.2 Å². The van der Waals surface area contributed by atoms with E-state index in [4.69, 9.17) is 0 Å². The molecule has 166 valence electrons. The number of benzene rings is 1. The van der Waals surface area contributed by atoms with Gasteiger partial charge in [0.15, 0.2) is 0 Å². The normalized spacial score (nSPS) is 21.5. The molecule has 2 N–H and O–H groups in total. The van der Waals surface area contributed by atoms with Crippen molar-refractivity contribution in [1.29, 1.82) is 0 Å². The number of likely N-dealkylation sites (tertiary alicyclic amines) is 1. The lowest BCUT2D eigenvalue weighted by atomic mass is 9.60. The minimum atomic E-state index is -0.998. The van der Waals surface area contributed by atoms with E-state index in [1.165, 1.54) is 19.9 Å². The first-order chi connectivity index (χ1) is 14.9. The number of likely N-dealkylation sites (N-methyl/N-ethyl adjacent to an activating group) is 1. The molecule has 1 aliphatic carbocycles. The first-order valence-electron chi connectivity index (χ1n) is 11.0. The second kappa shape index (κ2) is 8.42. The van der Waals surface area contributed by atoms with Crippen LogP contribution in [0.1, 0.15) is 59.2 Å². The smallest absolute Gasteiger partial charge is 0.264 e. The molecule has 0 aromatic heterocycles. The molecule has 1 aromatic carbocycles. The molecule has 1 saturated carbocycles. The lowest BCUT2D eigenvalue weighted by Gasteiger charge is -2.52.